The second kappa shape index (κ2) is 4.16. The van der Waals surface area contributed by atoms with Gasteiger partial charge in [-0.3, -0.25) is 9.78 Å². The van der Waals surface area contributed by atoms with Crippen LogP contribution in [-0.2, 0) is 7.05 Å². The lowest BCUT2D eigenvalue weighted by molar-refractivity contribution is 0.412. The van der Waals surface area contributed by atoms with Crippen LogP contribution in [0.4, 0.5) is 0 Å². The molecule has 0 saturated carbocycles. The highest BCUT2D eigenvalue weighted by Gasteiger charge is 2.17. The molecule has 3 rings (SSSR count). The smallest absolute Gasteiger partial charge is 0.349 e. The van der Waals surface area contributed by atoms with E-state index in [2.05, 4.69) is 15.0 Å². The number of ether oxygens (including phenoxy) is 1. The van der Waals surface area contributed by atoms with Gasteiger partial charge >= 0.3 is 5.69 Å². The van der Waals surface area contributed by atoms with Gasteiger partial charge in [-0.05, 0) is 18.6 Å². The van der Waals surface area contributed by atoms with Crippen LogP contribution in [0.3, 0.4) is 0 Å². The SMILES string of the molecule is COc1cc2c(cc1C)nc1c(=O)[nH]c(=O)nc-1n2C. The van der Waals surface area contributed by atoms with E-state index in [1.165, 1.54) is 0 Å². The molecule has 7 nitrogen and oxygen atoms in total. The molecule has 0 fully saturated rings. The molecule has 102 valence electrons. The lowest BCUT2D eigenvalue weighted by Crippen LogP contribution is -2.28. The summed E-state index contributed by atoms with van der Waals surface area (Å²) >= 11 is 0. The molecule has 1 aromatic rings. The molecule has 0 spiro atoms. The quantitative estimate of drug-likeness (QED) is 0.649. The number of methoxy groups -OCH3 is 1. The Morgan fingerprint density at radius 2 is 2.00 bits per heavy atom. The standard InChI is InChI=1S/C13H12N4O3/c1-6-4-7-8(5-9(6)20-3)17(2)11-10(14-7)12(18)16-13(19)15-11/h4-5H,1-3H3,(H,16,18,19). The third-order valence-corrected chi connectivity index (χ3v) is 3.26. The molecule has 0 amide bonds. The summed E-state index contributed by atoms with van der Waals surface area (Å²) in [6.07, 6.45) is 0. The Labute approximate surface area is 113 Å². The summed E-state index contributed by atoms with van der Waals surface area (Å²) in [4.78, 5) is 33.4. The highest BCUT2D eigenvalue weighted by molar-refractivity contribution is 5.81. The molecule has 0 aliphatic carbocycles. The summed E-state index contributed by atoms with van der Waals surface area (Å²) in [5.41, 5.74) is 1.21. The number of aromatic amines is 1. The van der Waals surface area contributed by atoms with Crippen molar-refractivity contribution in [3.63, 3.8) is 0 Å². The van der Waals surface area contributed by atoms with E-state index in [4.69, 9.17) is 4.74 Å². The van der Waals surface area contributed by atoms with E-state index in [-0.39, 0.29) is 11.5 Å². The number of fused-ring (bicyclic) bond motifs is 2. The van der Waals surface area contributed by atoms with Gasteiger partial charge in [-0.25, -0.2) is 9.78 Å². The fourth-order valence-corrected chi connectivity index (χ4v) is 2.24. The first-order chi connectivity index (χ1) is 9.51. The van der Waals surface area contributed by atoms with Crippen molar-refractivity contribution < 1.29 is 4.74 Å². The minimum Gasteiger partial charge on any atom is -0.496 e. The van der Waals surface area contributed by atoms with Crippen molar-refractivity contribution in [1.82, 2.24) is 19.5 Å². The van der Waals surface area contributed by atoms with Crippen LogP contribution in [0, 0.1) is 6.92 Å². The number of nitrogens with one attached hydrogen (secondary N) is 1. The van der Waals surface area contributed by atoms with Crippen LogP contribution in [0.5, 0.6) is 5.75 Å². The molecule has 0 atom stereocenters. The summed E-state index contributed by atoms with van der Waals surface area (Å²) in [7, 11) is 3.31. The third kappa shape index (κ3) is 1.67. The molecule has 2 aliphatic heterocycles. The zero-order valence-corrected chi connectivity index (χ0v) is 11.2. The molecule has 7 heteroatoms. The number of aryl methyl sites for hydroxylation is 2. The van der Waals surface area contributed by atoms with Crippen molar-refractivity contribution in [3.8, 4) is 17.3 Å². The van der Waals surface area contributed by atoms with Crippen molar-refractivity contribution in [2.45, 2.75) is 6.92 Å². The molecule has 0 bridgehead atoms. The monoisotopic (exact) mass is 272 g/mol. The van der Waals surface area contributed by atoms with Gasteiger partial charge in [0.25, 0.3) is 5.56 Å². The Bertz CT molecular complexity index is 910. The number of H-pyrrole nitrogens is 1. The van der Waals surface area contributed by atoms with Crippen LogP contribution in [0.1, 0.15) is 5.56 Å². The predicted octanol–water partition coefficient (Wildman–Crippen LogP) is 0.439. The third-order valence-electron chi connectivity index (χ3n) is 3.26. The highest BCUT2D eigenvalue weighted by atomic mass is 16.5. The molecule has 1 aromatic carbocycles. The Hall–Kier alpha value is -2.70. The maximum absolute atomic E-state index is 11.8. The molecule has 0 aromatic heterocycles. The normalized spacial score (nSPS) is 11.2. The van der Waals surface area contributed by atoms with Crippen LogP contribution in [-0.4, -0.2) is 26.6 Å². The molecule has 2 aliphatic rings. The highest BCUT2D eigenvalue weighted by Crippen LogP contribution is 2.26. The summed E-state index contributed by atoms with van der Waals surface area (Å²) in [6.45, 7) is 1.90. The lowest BCUT2D eigenvalue weighted by Gasteiger charge is -2.14. The first-order valence-corrected chi connectivity index (χ1v) is 5.96. The van der Waals surface area contributed by atoms with Gasteiger partial charge in [-0.2, -0.15) is 4.98 Å². The first kappa shape index (κ1) is 12.3. The summed E-state index contributed by atoms with van der Waals surface area (Å²) < 4.78 is 6.94. The molecule has 2 heterocycles. The zero-order chi connectivity index (χ0) is 14.4. The Balaban J connectivity index is 2.55. The fraction of sp³-hybridized carbons (Fsp3) is 0.231. The molecular weight excluding hydrogens is 260 g/mol. The maximum Gasteiger partial charge on any atom is 0.349 e. The summed E-state index contributed by atoms with van der Waals surface area (Å²) in [5, 5.41) is 0. The van der Waals surface area contributed by atoms with Crippen LogP contribution in [0.25, 0.3) is 22.6 Å². The molecule has 1 N–H and O–H groups in total. The second-order valence-electron chi connectivity index (χ2n) is 4.52. The van der Waals surface area contributed by atoms with Gasteiger partial charge in [0, 0.05) is 13.1 Å². The van der Waals surface area contributed by atoms with Crippen LogP contribution in [0.2, 0.25) is 0 Å². The Morgan fingerprint density at radius 1 is 1.25 bits per heavy atom. The number of hydrogen-bond donors (Lipinski definition) is 1. The minimum atomic E-state index is -0.682. The summed E-state index contributed by atoms with van der Waals surface area (Å²) in [6, 6.07) is 3.64. The number of hydrogen-bond acceptors (Lipinski definition) is 5. The predicted molar refractivity (Wildman–Crippen MR) is 73.3 cm³/mol. The van der Waals surface area contributed by atoms with Gasteiger partial charge in [0.15, 0.2) is 11.5 Å². The van der Waals surface area contributed by atoms with Crippen molar-refractivity contribution in [2.75, 3.05) is 7.11 Å². The molecule has 0 saturated heterocycles. The summed E-state index contributed by atoms with van der Waals surface area (Å²) in [5.74, 6) is 0.957. The van der Waals surface area contributed by atoms with Gasteiger partial charge in [0.05, 0.1) is 18.1 Å². The number of rotatable bonds is 1. The molecular formula is C13H12N4O3. The van der Waals surface area contributed by atoms with E-state index in [0.717, 1.165) is 11.1 Å². The van der Waals surface area contributed by atoms with Crippen LogP contribution >= 0.6 is 0 Å². The molecule has 0 radical (unpaired) electrons. The van der Waals surface area contributed by atoms with Gasteiger partial charge in [-0.1, -0.05) is 0 Å². The van der Waals surface area contributed by atoms with E-state index < -0.39 is 11.2 Å². The van der Waals surface area contributed by atoms with Gasteiger partial charge < -0.3 is 9.30 Å². The van der Waals surface area contributed by atoms with Crippen molar-refractivity contribution >= 4 is 11.0 Å². The van der Waals surface area contributed by atoms with E-state index in [9.17, 15) is 9.59 Å². The minimum absolute atomic E-state index is 0.143. The maximum atomic E-state index is 11.8. The molecule has 0 unspecified atom stereocenters. The second-order valence-corrected chi connectivity index (χ2v) is 4.52. The topological polar surface area (TPSA) is 89.9 Å². The Kier molecular flexibility index (Phi) is 2.56. The van der Waals surface area contributed by atoms with Crippen LogP contribution in [0.15, 0.2) is 21.7 Å². The van der Waals surface area contributed by atoms with E-state index in [0.29, 0.717) is 11.3 Å². The van der Waals surface area contributed by atoms with Gasteiger partial charge in [0.1, 0.15) is 5.75 Å². The van der Waals surface area contributed by atoms with Crippen molar-refractivity contribution in [3.05, 3.63) is 38.5 Å². The van der Waals surface area contributed by atoms with Gasteiger partial charge in [0.2, 0.25) is 0 Å². The zero-order valence-electron chi connectivity index (χ0n) is 11.2. The number of benzene rings is 1. The van der Waals surface area contributed by atoms with Gasteiger partial charge in [-0.15, -0.1) is 0 Å². The number of aromatic nitrogens is 4. The Morgan fingerprint density at radius 3 is 2.70 bits per heavy atom. The van der Waals surface area contributed by atoms with Crippen LogP contribution < -0.4 is 16.0 Å². The van der Waals surface area contributed by atoms with E-state index in [1.54, 1.807) is 18.7 Å². The largest absolute Gasteiger partial charge is 0.496 e. The van der Waals surface area contributed by atoms with Crippen molar-refractivity contribution in [1.29, 1.82) is 0 Å². The van der Waals surface area contributed by atoms with E-state index >= 15 is 0 Å². The fourth-order valence-electron chi connectivity index (χ4n) is 2.24. The first-order valence-electron chi connectivity index (χ1n) is 5.96. The van der Waals surface area contributed by atoms with Crippen molar-refractivity contribution in [2.24, 2.45) is 7.05 Å². The average molecular weight is 272 g/mol. The molecule has 20 heavy (non-hydrogen) atoms. The van der Waals surface area contributed by atoms with E-state index in [1.807, 2.05) is 19.1 Å². The average Bonchev–Trinajstić information content (AvgIpc) is 2.40. The number of nitrogens with zero attached hydrogens (tertiary/aromatic N) is 3. The lowest BCUT2D eigenvalue weighted by atomic mass is 10.1.